The molecule has 0 spiro atoms. The minimum atomic E-state index is -2.46. The number of fused-ring (bicyclic) bond motifs is 4. The van der Waals surface area contributed by atoms with Crippen molar-refractivity contribution in [1.82, 2.24) is 14.5 Å². The average molecular weight is 882 g/mol. The molecule has 0 fully saturated rings. The van der Waals surface area contributed by atoms with Gasteiger partial charge in [-0.05, 0) is 71.6 Å². The topological polar surface area (TPSA) is 43.9 Å². The van der Waals surface area contributed by atoms with Crippen LogP contribution in [0.25, 0.3) is 61.3 Å². The molecule has 0 aliphatic carbocycles. The van der Waals surface area contributed by atoms with Gasteiger partial charge in [0.05, 0.1) is 22.4 Å². The normalized spacial score (nSPS) is 14.4. The van der Waals surface area contributed by atoms with Crippen LogP contribution in [0.1, 0.15) is 92.2 Å². The largest absolute Gasteiger partial charge is 0.501 e. The second-order valence-electron chi connectivity index (χ2n) is 14.0. The van der Waals surface area contributed by atoms with Crippen molar-refractivity contribution in [2.24, 2.45) is 5.92 Å². The summed E-state index contributed by atoms with van der Waals surface area (Å²) in [6, 6.07) is 38.9. The van der Waals surface area contributed by atoms with Gasteiger partial charge in [-0.15, -0.1) is 53.6 Å². The Balaban J connectivity index is 0.000000201. The molecule has 5 heteroatoms. The van der Waals surface area contributed by atoms with Crippen LogP contribution in [0.2, 0.25) is 0 Å². The zero-order chi connectivity index (χ0) is 43.3. The smallest absolute Gasteiger partial charge is 0.120 e. The first-order chi connectivity index (χ1) is 28.3. The number of rotatable bonds is 7. The van der Waals surface area contributed by atoms with Crippen molar-refractivity contribution in [3.05, 3.63) is 149 Å². The monoisotopic (exact) mass is 882 g/mol. The molecular formula is C48H47IrN3O-2. The SMILES string of the molecule is [2H]C([2H])([2H])c1c[c-]c(-c2nc3ccccc3n2-c2c(C(C)C)cccc2C(C)C)cc1.[2H]C([2H])([2H])c1cnc(-c2[c-]ccc3c2oc2ccccc23)cc1C([2H])([2H])C(C)C.[Ir]. The van der Waals surface area contributed by atoms with Crippen molar-refractivity contribution in [3.63, 3.8) is 0 Å². The molecule has 0 aliphatic rings. The molecule has 0 bridgehead atoms. The van der Waals surface area contributed by atoms with Crippen molar-refractivity contribution in [3.8, 4) is 28.3 Å². The Bertz CT molecular complexity index is 2790. The number of nitrogens with zero attached hydrogens (tertiary/aromatic N) is 3. The molecule has 0 atom stereocenters. The third-order valence-corrected chi connectivity index (χ3v) is 9.12. The van der Waals surface area contributed by atoms with Gasteiger partial charge in [0.2, 0.25) is 0 Å². The number of aromatic nitrogens is 3. The molecule has 3 heterocycles. The van der Waals surface area contributed by atoms with Gasteiger partial charge >= 0.3 is 0 Å². The van der Waals surface area contributed by atoms with Crippen molar-refractivity contribution in [2.45, 2.75) is 73.5 Å². The molecule has 0 unspecified atom stereocenters. The van der Waals surface area contributed by atoms with Crippen molar-refractivity contribution in [1.29, 1.82) is 0 Å². The summed E-state index contributed by atoms with van der Waals surface area (Å²) < 4.78 is 71.7. The summed E-state index contributed by atoms with van der Waals surface area (Å²) in [5.74, 6) is 1.03. The van der Waals surface area contributed by atoms with E-state index in [0.29, 0.717) is 28.7 Å². The minimum Gasteiger partial charge on any atom is -0.501 e. The molecule has 0 aliphatic heterocycles. The quantitative estimate of drug-likeness (QED) is 0.150. The van der Waals surface area contributed by atoms with Crippen LogP contribution in [0.5, 0.6) is 0 Å². The van der Waals surface area contributed by atoms with Crippen LogP contribution in [0.3, 0.4) is 0 Å². The summed E-state index contributed by atoms with van der Waals surface area (Å²) in [7, 11) is 0. The Hall–Kier alpha value is -4.83. The fraction of sp³-hybridized carbons (Fsp3) is 0.250. The van der Waals surface area contributed by atoms with E-state index in [4.69, 9.17) is 20.4 Å². The number of para-hydroxylation sites is 4. The van der Waals surface area contributed by atoms with Crippen LogP contribution in [-0.2, 0) is 26.5 Å². The average Bonchev–Trinajstić information content (AvgIpc) is 3.79. The number of imidazole rings is 1. The van der Waals surface area contributed by atoms with E-state index in [9.17, 15) is 0 Å². The third-order valence-electron chi connectivity index (χ3n) is 9.12. The van der Waals surface area contributed by atoms with Gasteiger partial charge in [-0.3, -0.25) is 4.98 Å². The number of hydrogen-bond acceptors (Lipinski definition) is 3. The molecule has 3 aromatic heterocycles. The predicted octanol–water partition coefficient (Wildman–Crippen LogP) is 13.0. The standard InChI is InChI=1S/C26H27N2.C22H20NO.Ir/c1-17(2)21-9-8-10-22(18(3)4)25(21)28-24-12-7-6-11-23(24)27-26(28)20-15-13-19(5)14-16-20;1-14(2)11-16-12-20(23-13-15(16)3)19-9-6-8-18-17-7-4-5-10-21(17)24-22(18)19;/h6-15,17-18H,1-5H3;4-8,10,12-14H,11H2,1-3H3;/q2*-1;/i5D3;3D3,11D2;. The number of aryl methyl sites for hydroxylation is 2. The Morgan fingerprint density at radius 1 is 0.811 bits per heavy atom. The van der Waals surface area contributed by atoms with E-state index in [2.05, 4.69) is 73.6 Å². The summed E-state index contributed by atoms with van der Waals surface area (Å²) in [6.07, 6.45) is -0.573. The molecule has 1 radical (unpaired) electrons. The maximum atomic E-state index is 8.51. The molecule has 5 aromatic carbocycles. The first-order valence-electron chi connectivity index (χ1n) is 21.8. The van der Waals surface area contributed by atoms with E-state index in [1.807, 2.05) is 54.6 Å². The van der Waals surface area contributed by atoms with E-state index >= 15 is 0 Å². The van der Waals surface area contributed by atoms with Gasteiger partial charge in [-0.25, -0.2) is 0 Å². The number of pyridine rings is 1. The maximum absolute atomic E-state index is 8.51. The van der Waals surface area contributed by atoms with E-state index in [-0.39, 0.29) is 36.8 Å². The number of furan rings is 1. The molecule has 0 saturated heterocycles. The summed E-state index contributed by atoms with van der Waals surface area (Å²) in [4.78, 5) is 9.29. The van der Waals surface area contributed by atoms with Crippen LogP contribution in [0, 0.1) is 31.8 Å². The van der Waals surface area contributed by atoms with E-state index in [1.54, 1.807) is 32.0 Å². The number of hydrogen-bond donors (Lipinski definition) is 0. The molecule has 8 rings (SSSR count). The van der Waals surface area contributed by atoms with E-state index < -0.39 is 26.0 Å². The van der Waals surface area contributed by atoms with Gasteiger partial charge in [-0.2, -0.15) is 0 Å². The van der Waals surface area contributed by atoms with Gasteiger partial charge in [0.15, 0.2) is 0 Å². The molecule has 271 valence electrons. The van der Waals surface area contributed by atoms with Gasteiger partial charge in [0.25, 0.3) is 0 Å². The van der Waals surface area contributed by atoms with Gasteiger partial charge in [-0.1, -0.05) is 120 Å². The fourth-order valence-corrected chi connectivity index (χ4v) is 6.67. The summed E-state index contributed by atoms with van der Waals surface area (Å²) in [6.45, 7) is 7.68. The van der Waals surface area contributed by atoms with Gasteiger partial charge in [0, 0.05) is 48.3 Å². The predicted molar refractivity (Wildman–Crippen MR) is 217 cm³/mol. The molecule has 0 N–H and O–H groups in total. The Morgan fingerprint density at radius 3 is 2.26 bits per heavy atom. The van der Waals surface area contributed by atoms with Crippen molar-refractivity contribution < 1.29 is 35.5 Å². The summed E-state index contributed by atoms with van der Waals surface area (Å²) in [5.41, 5.74) is 9.06. The van der Waals surface area contributed by atoms with Crippen molar-refractivity contribution in [2.75, 3.05) is 0 Å². The number of benzene rings is 5. The molecule has 4 nitrogen and oxygen atoms in total. The molecule has 0 saturated carbocycles. The molecule has 0 amide bonds. The summed E-state index contributed by atoms with van der Waals surface area (Å²) in [5, 5.41) is 1.87. The van der Waals surface area contributed by atoms with E-state index in [1.165, 1.54) is 23.4 Å². The van der Waals surface area contributed by atoms with Crippen molar-refractivity contribution >= 4 is 33.0 Å². The van der Waals surface area contributed by atoms with E-state index in [0.717, 1.165) is 44.5 Å². The minimum absolute atomic E-state index is 0. The third kappa shape index (κ3) is 7.65. The van der Waals surface area contributed by atoms with Crippen LogP contribution < -0.4 is 0 Å². The van der Waals surface area contributed by atoms with Gasteiger partial charge in [0.1, 0.15) is 5.58 Å². The second kappa shape index (κ2) is 16.0. The van der Waals surface area contributed by atoms with Crippen LogP contribution in [-0.4, -0.2) is 14.5 Å². The zero-order valence-corrected chi connectivity index (χ0v) is 33.1. The Labute approximate surface area is 338 Å². The first kappa shape index (κ1) is 28.6. The molecule has 53 heavy (non-hydrogen) atoms. The van der Waals surface area contributed by atoms with Crippen LogP contribution in [0.15, 0.2) is 114 Å². The van der Waals surface area contributed by atoms with Crippen LogP contribution >= 0.6 is 0 Å². The first-order valence-corrected chi connectivity index (χ1v) is 17.8. The molecular weight excluding hydrogens is 827 g/mol. The maximum Gasteiger partial charge on any atom is 0.120 e. The zero-order valence-electron chi connectivity index (χ0n) is 38.7. The Morgan fingerprint density at radius 2 is 1.57 bits per heavy atom. The van der Waals surface area contributed by atoms with Gasteiger partial charge < -0.3 is 14.0 Å². The molecule has 8 aromatic rings. The van der Waals surface area contributed by atoms with Crippen LogP contribution in [0.4, 0.5) is 0 Å². The Kier molecular flexibility index (Phi) is 8.67. The summed E-state index contributed by atoms with van der Waals surface area (Å²) >= 11 is 0. The fourth-order valence-electron chi connectivity index (χ4n) is 6.67. The second-order valence-corrected chi connectivity index (χ2v) is 14.0.